The molecule has 2 aromatic rings. The summed E-state index contributed by atoms with van der Waals surface area (Å²) >= 11 is 13.5. The summed E-state index contributed by atoms with van der Waals surface area (Å²) < 4.78 is 25.2. The van der Waals surface area contributed by atoms with Gasteiger partial charge in [-0.2, -0.15) is 0 Å². The third-order valence-corrected chi connectivity index (χ3v) is 5.58. The molecule has 1 aromatic carbocycles. The third-order valence-electron chi connectivity index (χ3n) is 2.93. The highest BCUT2D eigenvalue weighted by Gasteiger charge is 2.22. The van der Waals surface area contributed by atoms with Gasteiger partial charge in [-0.05, 0) is 23.6 Å². The van der Waals surface area contributed by atoms with E-state index in [9.17, 15) is 13.2 Å². The van der Waals surface area contributed by atoms with Crippen LogP contribution in [-0.4, -0.2) is 33.7 Å². The van der Waals surface area contributed by atoms with E-state index < -0.39 is 10.0 Å². The monoisotopic (exact) mass is 392 g/mol. The van der Waals surface area contributed by atoms with E-state index in [-0.39, 0.29) is 34.7 Å². The van der Waals surface area contributed by atoms with Crippen LogP contribution in [0.2, 0.25) is 10.0 Å². The Balaban J connectivity index is 2.13. The van der Waals surface area contributed by atoms with Gasteiger partial charge >= 0.3 is 0 Å². The summed E-state index contributed by atoms with van der Waals surface area (Å²) in [5, 5.41) is 4.93. The molecule has 23 heavy (non-hydrogen) atoms. The van der Waals surface area contributed by atoms with Crippen molar-refractivity contribution in [1.82, 2.24) is 5.32 Å². The second kappa shape index (κ2) is 7.53. The Morgan fingerprint density at radius 2 is 1.87 bits per heavy atom. The molecule has 124 valence electrons. The van der Waals surface area contributed by atoms with Crippen LogP contribution in [0.4, 0.5) is 5.69 Å². The molecule has 0 aliphatic carbocycles. The summed E-state index contributed by atoms with van der Waals surface area (Å²) in [6.45, 7) is 0.157. The lowest BCUT2D eigenvalue weighted by molar-refractivity contribution is 0.0959. The van der Waals surface area contributed by atoms with E-state index in [2.05, 4.69) is 5.32 Å². The van der Waals surface area contributed by atoms with E-state index in [1.807, 2.05) is 0 Å². The largest absolute Gasteiger partial charge is 0.350 e. The predicted octanol–water partition coefficient (Wildman–Crippen LogP) is 3.25. The molecule has 0 aliphatic rings. The SMILES string of the molecule is CS(=O)(=O)N(CCNC(=O)c1cccs1)c1c(Cl)cccc1Cl. The molecule has 1 amide bonds. The molecule has 0 unspecified atom stereocenters. The Labute approximate surface area is 148 Å². The molecule has 5 nitrogen and oxygen atoms in total. The van der Waals surface area contributed by atoms with Gasteiger partial charge in [-0.1, -0.05) is 35.3 Å². The van der Waals surface area contributed by atoms with Gasteiger partial charge < -0.3 is 5.32 Å². The molecule has 2 rings (SSSR count). The zero-order valence-electron chi connectivity index (χ0n) is 12.1. The number of para-hydroxylation sites is 1. The van der Waals surface area contributed by atoms with Gasteiger partial charge in [0.2, 0.25) is 10.0 Å². The molecule has 1 heterocycles. The Kier molecular flexibility index (Phi) is 5.91. The number of amides is 1. The van der Waals surface area contributed by atoms with E-state index in [1.165, 1.54) is 11.3 Å². The van der Waals surface area contributed by atoms with Crippen LogP contribution in [-0.2, 0) is 10.0 Å². The van der Waals surface area contributed by atoms with Crippen LogP contribution < -0.4 is 9.62 Å². The van der Waals surface area contributed by atoms with E-state index in [0.29, 0.717) is 4.88 Å². The van der Waals surface area contributed by atoms with Crippen molar-refractivity contribution in [3.05, 3.63) is 50.6 Å². The minimum absolute atomic E-state index is 0.0272. The predicted molar refractivity (Wildman–Crippen MR) is 95.3 cm³/mol. The van der Waals surface area contributed by atoms with Crippen LogP contribution in [0.25, 0.3) is 0 Å². The summed E-state index contributed by atoms with van der Waals surface area (Å²) in [6, 6.07) is 8.22. The molecule has 1 aromatic heterocycles. The number of anilines is 1. The van der Waals surface area contributed by atoms with Crippen LogP contribution >= 0.6 is 34.5 Å². The van der Waals surface area contributed by atoms with Crippen molar-refractivity contribution in [3.8, 4) is 0 Å². The van der Waals surface area contributed by atoms with Crippen molar-refractivity contribution >= 4 is 56.2 Å². The molecule has 0 atom stereocenters. The van der Waals surface area contributed by atoms with Gasteiger partial charge in [0.1, 0.15) is 0 Å². The first-order chi connectivity index (χ1) is 10.8. The first kappa shape index (κ1) is 18.1. The molecule has 0 radical (unpaired) electrons. The molecule has 0 spiro atoms. The fourth-order valence-electron chi connectivity index (χ4n) is 1.94. The van der Waals surface area contributed by atoms with Gasteiger partial charge in [0.05, 0.1) is 33.4 Å². The third kappa shape index (κ3) is 4.60. The molecular formula is C14H14Cl2N2O3S2. The summed E-state index contributed by atoms with van der Waals surface area (Å²) in [7, 11) is -3.60. The minimum Gasteiger partial charge on any atom is -0.350 e. The number of hydrogen-bond acceptors (Lipinski definition) is 4. The number of carbonyl (C=O) groups excluding carboxylic acids is 1. The van der Waals surface area contributed by atoms with E-state index >= 15 is 0 Å². The second-order valence-corrected chi connectivity index (χ2v) is 8.31. The van der Waals surface area contributed by atoms with Crippen molar-refractivity contribution < 1.29 is 13.2 Å². The van der Waals surface area contributed by atoms with E-state index in [1.54, 1.807) is 35.7 Å². The number of sulfonamides is 1. The fourth-order valence-corrected chi connectivity index (χ4v) is 4.23. The van der Waals surface area contributed by atoms with Gasteiger partial charge in [0.15, 0.2) is 0 Å². The fraction of sp³-hybridized carbons (Fsp3) is 0.214. The van der Waals surface area contributed by atoms with Crippen molar-refractivity contribution in [3.63, 3.8) is 0 Å². The topological polar surface area (TPSA) is 66.5 Å². The Morgan fingerprint density at radius 3 is 2.39 bits per heavy atom. The zero-order chi connectivity index (χ0) is 17.0. The standard InChI is InChI=1S/C14H14Cl2N2O3S2/c1-23(20,21)18(13-10(15)4-2-5-11(13)16)8-7-17-14(19)12-6-3-9-22-12/h2-6,9H,7-8H2,1H3,(H,17,19). The molecule has 0 aliphatic heterocycles. The van der Waals surface area contributed by atoms with Gasteiger partial charge in [0, 0.05) is 6.54 Å². The molecular weight excluding hydrogens is 379 g/mol. The van der Waals surface area contributed by atoms with E-state index in [4.69, 9.17) is 23.2 Å². The maximum Gasteiger partial charge on any atom is 0.261 e. The maximum atomic E-state index is 12.0. The number of carbonyl (C=O) groups is 1. The molecule has 0 saturated heterocycles. The van der Waals surface area contributed by atoms with Gasteiger partial charge in [0.25, 0.3) is 5.91 Å². The summed E-state index contributed by atoms with van der Waals surface area (Å²) in [6.07, 6.45) is 1.06. The Bertz CT molecular complexity index is 772. The molecule has 9 heteroatoms. The quantitative estimate of drug-likeness (QED) is 0.820. The van der Waals surface area contributed by atoms with Crippen molar-refractivity contribution in [2.45, 2.75) is 0 Å². The number of rotatable bonds is 6. The average molecular weight is 393 g/mol. The number of benzene rings is 1. The number of halogens is 2. The van der Waals surface area contributed by atoms with Crippen molar-refractivity contribution in [2.24, 2.45) is 0 Å². The summed E-state index contributed by atoms with van der Waals surface area (Å²) in [4.78, 5) is 12.4. The minimum atomic E-state index is -3.60. The first-order valence-electron chi connectivity index (χ1n) is 6.54. The molecule has 0 fully saturated rings. The highest BCUT2D eigenvalue weighted by atomic mass is 35.5. The Morgan fingerprint density at radius 1 is 1.22 bits per heavy atom. The Hall–Kier alpha value is -1.28. The van der Waals surface area contributed by atoms with Crippen LogP contribution in [0, 0.1) is 0 Å². The first-order valence-corrected chi connectivity index (χ1v) is 10.0. The lowest BCUT2D eigenvalue weighted by Gasteiger charge is -2.24. The number of hydrogen-bond donors (Lipinski definition) is 1. The molecule has 0 bridgehead atoms. The maximum absolute atomic E-state index is 12.0. The molecule has 0 saturated carbocycles. The summed E-state index contributed by atoms with van der Waals surface area (Å²) in [5.74, 6) is -0.251. The number of thiophene rings is 1. The number of nitrogens with zero attached hydrogens (tertiary/aromatic N) is 1. The summed E-state index contributed by atoms with van der Waals surface area (Å²) in [5.41, 5.74) is 0.212. The van der Waals surface area contributed by atoms with Crippen LogP contribution in [0.5, 0.6) is 0 Å². The average Bonchev–Trinajstić information content (AvgIpc) is 2.98. The lowest BCUT2D eigenvalue weighted by atomic mass is 10.3. The van der Waals surface area contributed by atoms with Crippen molar-refractivity contribution in [2.75, 3.05) is 23.7 Å². The van der Waals surface area contributed by atoms with Crippen molar-refractivity contribution in [1.29, 1.82) is 0 Å². The second-order valence-electron chi connectivity index (χ2n) is 4.64. The zero-order valence-corrected chi connectivity index (χ0v) is 15.3. The highest BCUT2D eigenvalue weighted by Crippen LogP contribution is 2.34. The van der Waals surface area contributed by atoms with Gasteiger partial charge in [-0.3, -0.25) is 9.10 Å². The van der Waals surface area contributed by atoms with Gasteiger partial charge in [-0.25, -0.2) is 8.42 Å². The van der Waals surface area contributed by atoms with Gasteiger partial charge in [-0.15, -0.1) is 11.3 Å². The van der Waals surface area contributed by atoms with Crippen LogP contribution in [0.3, 0.4) is 0 Å². The smallest absolute Gasteiger partial charge is 0.261 e. The number of nitrogens with one attached hydrogen (secondary N) is 1. The van der Waals surface area contributed by atoms with Crippen LogP contribution in [0.1, 0.15) is 9.67 Å². The molecule has 1 N–H and O–H groups in total. The highest BCUT2D eigenvalue weighted by molar-refractivity contribution is 7.92. The van der Waals surface area contributed by atoms with E-state index in [0.717, 1.165) is 10.6 Å². The normalized spacial score (nSPS) is 11.3. The lowest BCUT2D eigenvalue weighted by Crippen LogP contribution is -2.38. The van der Waals surface area contributed by atoms with Crippen LogP contribution in [0.15, 0.2) is 35.7 Å².